The van der Waals surface area contributed by atoms with Crippen LogP contribution in [0.1, 0.15) is 5.56 Å². The normalized spacial score (nSPS) is 10.5. The Hall–Kier alpha value is -1.55. The average Bonchev–Trinajstić information content (AvgIpc) is 2.61. The predicted molar refractivity (Wildman–Crippen MR) is 61.2 cm³/mol. The highest BCUT2D eigenvalue weighted by Crippen LogP contribution is 2.13. The number of halogens is 1. The molecule has 0 amide bonds. The lowest BCUT2D eigenvalue weighted by atomic mass is 10.3. The Morgan fingerprint density at radius 1 is 1.60 bits per heavy atom. The lowest BCUT2D eigenvalue weighted by Gasteiger charge is -2.07. The first-order chi connectivity index (χ1) is 7.16. The second-order valence-corrected chi connectivity index (χ2v) is 3.85. The molecule has 0 aromatic carbocycles. The third kappa shape index (κ3) is 2.10. The Labute approximate surface area is 92.6 Å². The maximum Gasteiger partial charge on any atom is 0.157 e. The summed E-state index contributed by atoms with van der Waals surface area (Å²) in [6.07, 6.45) is 1.52. The van der Waals surface area contributed by atoms with Crippen LogP contribution >= 0.6 is 11.6 Å². The van der Waals surface area contributed by atoms with E-state index in [1.807, 2.05) is 19.1 Å². The van der Waals surface area contributed by atoms with Crippen LogP contribution < -0.4 is 5.32 Å². The van der Waals surface area contributed by atoms with Gasteiger partial charge in [-0.3, -0.25) is 0 Å². The second kappa shape index (κ2) is 3.90. The quantitative estimate of drug-likeness (QED) is 0.866. The van der Waals surface area contributed by atoms with Gasteiger partial charge in [0.1, 0.15) is 12.1 Å². The molecule has 0 bridgehead atoms. The van der Waals surface area contributed by atoms with Gasteiger partial charge < -0.3 is 5.32 Å². The van der Waals surface area contributed by atoms with E-state index in [1.165, 1.54) is 6.33 Å². The summed E-state index contributed by atoms with van der Waals surface area (Å²) < 4.78 is 1.73. The lowest BCUT2D eigenvalue weighted by molar-refractivity contribution is 0.954. The topological polar surface area (TPSA) is 42.2 Å². The highest BCUT2D eigenvalue weighted by Gasteiger charge is 2.03. The van der Waals surface area contributed by atoms with Crippen LogP contribution in [0.2, 0.25) is 0 Å². The number of pyridine rings is 1. The molecule has 2 heterocycles. The van der Waals surface area contributed by atoms with E-state index in [0.717, 1.165) is 17.0 Å². The fourth-order valence-electron chi connectivity index (χ4n) is 1.37. The molecule has 0 aliphatic carbocycles. The summed E-state index contributed by atoms with van der Waals surface area (Å²) in [5, 5.41) is 7.81. The first-order valence-corrected chi connectivity index (χ1v) is 4.92. The molecule has 2 aromatic rings. The molecule has 0 fully saturated rings. The molecule has 78 valence electrons. The van der Waals surface area contributed by atoms with Crippen molar-refractivity contribution in [1.29, 1.82) is 0 Å². The van der Waals surface area contributed by atoms with Gasteiger partial charge in [0.2, 0.25) is 0 Å². The van der Waals surface area contributed by atoms with Crippen LogP contribution in [0.15, 0.2) is 30.1 Å². The molecule has 0 aliphatic rings. The summed E-state index contributed by atoms with van der Waals surface area (Å²) in [7, 11) is 0. The zero-order valence-corrected chi connectivity index (χ0v) is 9.12. The van der Waals surface area contributed by atoms with Crippen LogP contribution in [0.5, 0.6) is 0 Å². The van der Waals surface area contributed by atoms with Crippen LogP contribution in [0.4, 0.5) is 5.82 Å². The van der Waals surface area contributed by atoms with Crippen LogP contribution in [-0.2, 0) is 0 Å². The van der Waals surface area contributed by atoms with Gasteiger partial charge in [-0.1, -0.05) is 18.2 Å². The lowest BCUT2D eigenvalue weighted by Crippen LogP contribution is -2.06. The van der Waals surface area contributed by atoms with Gasteiger partial charge >= 0.3 is 0 Å². The molecule has 0 unspecified atom stereocenters. The van der Waals surface area contributed by atoms with E-state index in [4.69, 9.17) is 11.6 Å². The van der Waals surface area contributed by atoms with Crippen molar-refractivity contribution in [3.8, 4) is 0 Å². The van der Waals surface area contributed by atoms with Gasteiger partial charge in [-0.25, -0.2) is 4.98 Å². The highest BCUT2D eigenvalue weighted by atomic mass is 35.5. The number of aryl methyl sites for hydroxylation is 1. The van der Waals surface area contributed by atoms with Crippen molar-refractivity contribution in [2.75, 3.05) is 11.9 Å². The number of nitrogens with one attached hydrogen (secondary N) is 1. The van der Waals surface area contributed by atoms with E-state index >= 15 is 0 Å². The molecule has 5 heteroatoms. The summed E-state index contributed by atoms with van der Waals surface area (Å²) in [5.41, 5.74) is 1.94. The monoisotopic (exact) mass is 222 g/mol. The molecule has 0 aliphatic heterocycles. The maximum atomic E-state index is 5.69. The summed E-state index contributed by atoms with van der Waals surface area (Å²) >= 11 is 5.69. The summed E-state index contributed by atoms with van der Waals surface area (Å²) in [4.78, 5) is 4.12. The maximum absolute atomic E-state index is 5.69. The van der Waals surface area contributed by atoms with Crippen molar-refractivity contribution in [2.24, 2.45) is 0 Å². The molecule has 2 rings (SSSR count). The van der Waals surface area contributed by atoms with Crippen LogP contribution in [0, 0.1) is 6.92 Å². The number of aromatic nitrogens is 3. The average molecular weight is 223 g/mol. The minimum atomic E-state index is 0.514. The molecule has 2 aromatic heterocycles. The van der Waals surface area contributed by atoms with E-state index in [-0.39, 0.29) is 0 Å². The van der Waals surface area contributed by atoms with E-state index < -0.39 is 0 Å². The third-order valence-electron chi connectivity index (χ3n) is 1.98. The smallest absolute Gasteiger partial charge is 0.157 e. The Bertz CT molecular complexity index is 503. The van der Waals surface area contributed by atoms with Gasteiger partial charge in [0.05, 0.1) is 6.54 Å². The third-order valence-corrected chi connectivity index (χ3v) is 2.12. The Morgan fingerprint density at radius 3 is 3.13 bits per heavy atom. The predicted octanol–water partition coefficient (Wildman–Crippen LogP) is 2.20. The SMILES string of the molecule is C=C(Cl)CNc1cc(C)cc2ncnn12. The molecule has 4 nitrogen and oxygen atoms in total. The Morgan fingerprint density at radius 2 is 2.40 bits per heavy atom. The van der Waals surface area contributed by atoms with E-state index in [0.29, 0.717) is 11.6 Å². The van der Waals surface area contributed by atoms with Gasteiger partial charge in [0.25, 0.3) is 0 Å². The zero-order chi connectivity index (χ0) is 10.8. The molecule has 0 radical (unpaired) electrons. The minimum absolute atomic E-state index is 0.514. The second-order valence-electron chi connectivity index (χ2n) is 3.32. The van der Waals surface area contributed by atoms with Gasteiger partial charge in [0, 0.05) is 5.03 Å². The number of nitrogens with zero attached hydrogens (tertiary/aromatic N) is 3. The number of rotatable bonds is 3. The summed E-state index contributed by atoms with van der Waals surface area (Å²) in [6.45, 7) is 6.14. The van der Waals surface area contributed by atoms with Crippen molar-refractivity contribution in [1.82, 2.24) is 14.6 Å². The minimum Gasteiger partial charge on any atom is -0.365 e. The largest absolute Gasteiger partial charge is 0.365 e. The van der Waals surface area contributed by atoms with Gasteiger partial charge in [0.15, 0.2) is 5.65 Å². The highest BCUT2D eigenvalue weighted by molar-refractivity contribution is 6.29. The first kappa shape index (κ1) is 9.98. The number of anilines is 1. The van der Waals surface area contributed by atoms with Crippen molar-refractivity contribution in [3.63, 3.8) is 0 Å². The van der Waals surface area contributed by atoms with E-state index in [2.05, 4.69) is 22.0 Å². The fraction of sp³-hybridized carbons (Fsp3) is 0.200. The molecular formula is C10H11ClN4. The summed E-state index contributed by atoms with van der Waals surface area (Å²) in [5.74, 6) is 0.865. The molecule has 15 heavy (non-hydrogen) atoms. The van der Waals surface area contributed by atoms with Crippen molar-refractivity contribution >= 4 is 23.1 Å². The van der Waals surface area contributed by atoms with E-state index in [9.17, 15) is 0 Å². The van der Waals surface area contributed by atoms with Crippen molar-refractivity contribution in [3.05, 3.63) is 35.6 Å². The zero-order valence-electron chi connectivity index (χ0n) is 8.37. The van der Waals surface area contributed by atoms with Crippen LogP contribution in [0.25, 0.3) is 5.65 Å². The van der Waals surface area contributed by atoms with E-state index in [1.54, 1.807) is 4.52 Å². The van der Waals surface area contributed by atoms with Crippen LogP contribution in [0.3, 0.4) is 0 Å². The molecule has 0 spiro atoms. The Balaban J connectivity index is 2.39. The number of hydrogen-bond acceptors (Lipinski definition) is 3. The van der Waals surface area contributed by atoms with Gasteiger partial charge in [-0.2, -0.15) is 9.61 Å². The van der Waals surface area contributed by atoms with Crippen LogP contribution in [-0.4, -0.2) is 21.1 Å². The van der Waals surface area contributed by atoms with Crippen molar-refractivity contribution in [2.45, 2.75) is 6.92 Å². The molecule has 1 N–H and O–H groups in total. The summed E-state index contributed by atoms with van der Waals surface area (Å²) in [6, 6.07) is 3.95. The standard InChI is InChI=1S/C10H11ClN4/c1-7-3-9(12-5-8(2)11)15-10(4-7)13-6-14-15/h3-4,6,12H,2,5H2,1H3. The number of fused-ring (bicyclic) bond motifs is 1. The molecule has 0 atom stereocenters. The van der Waals surface area contributed by atoms with Gasteiger partial charge in [-0.15, -0.1) is 0 Å². The molecule has 0 saturated carbocycles. The number of hydrogen-bond donors (Lipinski definition) is 1. The first-order valence-electron chi connectivity index (χ1n) is 4.54. The Kier molecular flexibility index (Phi) is 2.60. The molecular weight excluding hydrogens is 212 g/mol. The fourth-order valence-corrected chi connectivity index (χ4v) is 1.44. The van der Waals surface area contributed by atoms with Crippen molar-refractivity contribution < 1.29 is 0 Å². The molecule has 0 saturated heterocycles. The van der Waals surface area contributed by atoms with Gasteiger partial charge in [-0.05, 0) is 24.6 Å².